The second-order valence-corrected chi connectivity index (χ2v) is 4.50. The molecule has 1 aliphatic carbocycles. The van der Waals surface area contributed by atoms with Gasteiger partial charge in [0.25, 0.3) is 0 Å². The molecule has 0 N–H and O–H groups in total. The average molecular weight is 238 g/mol. The molecule has 1 fully saturated rings. The lowest BCUT2D eigenvalue weighted by Gasteiger charge is -2.29. The summed E-state index contributed by atoms with van der Waals surface area (Å²) in [7, 11) is 1.31. The van der Waals surface area contributed by atoms with Gasteiger partial charge in [-0.15, -0.1) is 0 Å². The number of methoxy groups -OCH3 is 1. The Labute approximate surface area is 101 Å². The predicted molar refractivity (Wildman–Crippen MR) is 62.4 cm³/mol. The van der Waals surface area contributed by atoms with Crippen molar-refractivity contribution in [3.63, 3.8) is 0 Å². The topological polar surface area (TPSA) is 60.4 Å². The first kappa shape index (κ1) is 13.6. The summed E-state index contributed by atoms with van der Waals surface area (Å²) >= 11 is 0. The van der Waals surface area contributed by atoms with Gasteiger partial charge in [0.15, 0.2) is 0 Å². The Balaban J connectivity index is 2.54. The molecular weight excluding hydrogens is 220 g/mol. The largest absolute Gasteiger partial charge is 0.466 e. The number of hydrogen-bond donors (Lipinski definition) is 0. The highest BCUT2D eigenvalue weighted by atomic mass is 16.5. The van der Waals surface area contributed by atoms with Gasteiger partial charge in [-0.3, -0.25) is 9.59 Å². The lowest BCUT2D eigenvalue weighted by molar-refractivity contribution is -0.143. The third-order valence-corrected chi connectivity index (χ3v) is 3.30. The van der Waals surface area contributed by atoms with E-state index in [9.17, 15) is 14.4 Å². The zero-order valence-corrected chi connectivity index (χ0v) is 10.3. The van der Waals surface area contributed by atoms with E-state index in [1.807, 2.05) is 0 Å². The van der Waals surface area contributed by atoms with E-state index in [2.05, 4.69) is 4.74 Å². The molecule has 1 aliphatic rings. The molecule has 0 heterocycles. The highest BCUT2D eigenvalue weighted by Gasteiger charge is 2.41. The van der Waals surface area contributed by atoms with E-state index in [0.717, 1.165) is 0 Å². The number of Topliss-reactive ketones (excluding diaryl/α,β-unsaturated/α-hetero) is 2. The fourth-order valence-corrected chi connectivity index (χ4v) is 2.02. The summed E-state index contributed by atoms with van der Waals surface area (Å²) in [5, 5.41) is 0. The summed E-state index contributed by atoms with van der Waals surface area (Å²) in [5.74, 6) is -0.364. The van der Waals surface area contributed by atoms with Gasteiger partial charge in [0, 0.05) is 18.9 Å². The van der Waals surface area contributed by atoms with Crippen molar-refractivity contribution in [3.05, 3.63) is 12.2 Å². The van der Waals surface area contributed by atoms with Crippen molar-refractivity contribution in [2.24, 2.45) is 5.41 Å². The van der Waals surface area contributed by atoms with Crippen LogP contribution in [0.3, 0.4) is 0 Å². The summed E-state index contributed by atoms with van der Waals surface area (Å²) in [6.07, 6.45) is 5.62. The maximum atomic E-state index is 11.8. The van der Waals surface area contributed by atoms with Gasteiger partial charge in [-0.25, -0.2) is 4.79 Å². The third kappa shape index (κ3) is 3.25. The molecule has 0 aromatic carbocycles. The molecule has 0 aromatic rings. The highest BCUT2D eigenvalue weighted by Crippen LogP contribution is 2.34. The summed E-state index contributed by atoms with van der Waals surface area (Å²) in [6, 6.07) is 0. The van der Waals surface area contributed by atoms with E-state index < -0.39 is 11.4 Å². The smallest absolute Gasteiger partial charge is 0.330 e. The number of esters is 1. The Morgan fingerprint density at radius 2 is 1.94 bits per heavy atom. The lowest BCUT2D eigenvalue weighted by Crippen LogP contribution is -2.39. The fourth-order valence-electron chi connectivity index (χ4n) is 2.02. The number of allylic oxidation sites excluding steroid dienone is 1. The van der Waals surface area contributed by atoms with Crippen LogP contribution >= 0.6 is 0 Å². The fraction of sp³-hybridized carbons (Fsp3) is 0.615. The molecule has 17 heavy (non-hydrogen) atoms. The average Bonchev–Trinajstić information content (AvgIpc) is 2.31. The van der Waals surface area contributed by atoms with Crippen LogP contribution in [-0.4, -0.2) is 24.6 Å². The van der Waals surface area contributed by atoms with E-state index in [-0.39, 0.29) is 11.6 Å². The van der Waals surface area contributed by atoms with Crippen molar-refractivity contribution in [2.75, 3.05) is 7.11 Å². The van der Waals surface area contributed by atoms with Crippen molar-refractivity contribution in [1.29, 1.82) is 0 Å². The molecule has 0 aliphatic heterocycles. The van der Waals surface area contributed by atoms with Gasteiger partial charge in [0.2, 0.25) is 0 Å². The Bertz CT molecular complexity index is 338. The third-order valence-electron chi connectivity index (χ3n) is 3.30. The predicted octanol–water partition coefficient (Wildman–Crippen LogP) is 1.82. The van der Waals surface area contributed by atoms with Crippen LogP contribution in [0.15, 0.2) is 12.2 Å². The van der Waals surface area contributed by atoms with Gasteiger partial charge in [0.05, 0.1) is 12.5 Å². The highest BCUT2D eigenvalue weighted by molar-refractivity contribution is 6.08. The van der Waals surface area contributed by atoms with E-state index >= 15 is 0 Å². The lowest BCUT2D eigenvalue weighted by atomic mass is 9.71. The maximum Gasteiger partial charge on any atom is 0.330 e. The van der Waals surface area contributed by atoms with Gasteiger partial charge in [-0.1, -0.05) is 6.08 Å². The van der Waals surface area contributed by atoms with Crippen LogP contribution < -0.4 is 0 Å². The molecule has 0 spiro atoms. The molecule has 0 bridgehead atoms. The summed E-state index contributed by atoms with van der Waals surface area (Å²) < 4.78 is 4.45. The molecular formula is C13H18O4. The first-order chi connectivity index (χ1) is 8.00. The van der Waals surface area contributed by atoms with Crippen molar-refractivity contribution in [1.82, 2.24) is 0 Å². The SMILES string of the molecule is COC(=O)C=CCCC1(C)C(=O)CCCC1=O. The van der Waals surface area contributed by atoms with Gasteiger partial charge in [-0.2, -0.15) is 0 Å². The molecule has 0 aromatic heterocycles. The van der Waals surface area contributed by atoms with Crippen LogP contribution in [0.2, 0.25) is 0 Å². The van der Waals surface area contributed by atoms with E-state index in [0.29, 0.717) is 32.1 Å². The normalized spacial score (nSPS) is 19.6. The quantitative estimate of drug-likeness (QED) is 0.426. The van der Waals surface area contributed by atoms with Crippen molar-refractivity contribution in [3.8, 4) is 0 Å². The van der Waals surface area contributed by atoms with Gasteiger partial charge in [-0.05, 0) is 26.2 Å². The first-order valence-electron chi connectivity index (χ1n) is 5.82. The monoisotopic (exact) mass is 238 g/mol. The second kappa shape index (κ2) is 5.75. The van der Waals surface area contributed by atoms with Crippen LogP contribution in [0.5, 0.6) is 0 Å². The molecule has 0 radical (unpaired) electrons. The Morgan fingerprint density at radius 3 is 2.47 bits per heavy atom. The number of ether oxygens (including phenoxy) is 1. The zero-order chi connectivity index (χ0) is 12.9. The minimum Gasteiger partial charge on any atom is -0.466 e. The summed E-state index contributed by atoms with van der Waals surface area (Å²) in [6.45, 7) is 1.71. The van der Waals surface area contributed by atoms with Gasteiger partial charge < -0.3 is 4.74 Å². The first-order valence-corrected chi connectivity index (χ1v) is 5.82. The number of carbonyl (C=O) groups is 3. The minimum absolute atomic E-state index is 0.0280. The molecule has 0 amide bonds. The Morgan fingerprint density at radius 1 is 1.35 bits per heavy atom. The summed E-state index contributed by atoms with van der Waals surface area (Å²) in [4.78, 5) is 34.4. The van der Waals surface area contributed by atoms with Crippen LogP contribution in [0.4, 0.5) is 0 Å². The van der Waals surface area contributed by atoms with Gasteiger partial charge in [0.1, 0.15) is 11.6 Å². The second-order valence-electron chi connectivity index (χ2n) is 4.50. The molecule has 4 heteroatoms. The molecule has 0 saturated heterocycles. The Hall–Kier alpha value is -1.45. The van der Waals surface area contributed by atoms with Crippen molar-refractivity contribution in [2.45, 2.75) is 39.0 Å². The number of ketones is 2. The number of carbonyl (C=O) groups excluding carboxylic acids is 3. The van der Waals surface area contributed by atoms with E-state index in [1.165, 1.54) is 13.2 Å². The molecule has 94 valence electrons. The molecule has 0 atom stereocenters. The standard InChI is InChI=1S/C13H18O4/c1-13(9-4-3-8-12(16)17-2)10(14)6-5-7-11(13)15/h3,8H,4-7,9H2,1-2H3. The van der Waals surface area contributed by atoms with Gasteiger partial charge >= 0.3 is 5.97 Å². The van der Waals surface area contributed by atoms with Crippen LogP contribution in [-0.2, 0) is 19.1 Å². The minimum atomic E-state index is -0.849. The van der Waals surface area contributed by atoms with Crippen LogP contribution in [0, 0.1) is 5.41 Å². The van der Waals surface area contributed by atoms with Crippen molar-refractivity contribution < 1.29 is 19.1 Å². The molecule has 1 saturated carbocycles. The molecule has 0 unspecified atom stereocenters. The molecule has 1 rings (SSSR count). The van der Waals surface area contributed by atoms with Crippen LogP contribution in [0.25, 0.3) is 0 Å². The van der Waals surface area contributed by atoms with E-state index in [1.54, 1.807) is 13.0 Å². The Kier molecular flexibility index (Phi) is 4.61. The number of hydrogen-bond acceptors (Lipinski definition) is 4. The summed E-state index contributed by atoms with van der Waals surface area (Å²) in [5.41, 5.74) is -0.849. The molecule has 4 nitrogen and oxygen atoms in total. The van der Waals surface area contributed by atoms with Crippen molar-refractivity contribution >= 4 is 17.5 Å². The van der Waals surface area contributed by atoms with Crippen LogP contribution in [0.1, 0.15) is 39.0 Å². The maximum absolute atomic E-state index is 11.8. The van der Waals surface area contributed by atoms with E-state index in [4.69, 9.17) is 0 Å². The zero-order valence-electron chi connectivity index (χ0n) is 10.3. The number of rotatable bonds is 4.